The second-order valence-corrected chi connectivity index (χ2v) is 4.35. The minimum atomic E-state index is 1.02. The Kier molecular flexibility index (Phi) is 5.08. The molecule has 15 heavy (non-hydrogen) atoms. The molecule has 0 radical (unpaired) electrons. The van der Waals surface area contributed by atoms with Crippen molar-refractivity contribution < 1.29 is 0 Å². The fourth-order valence-corrected chi connectivity index (χ4v) is 2.28. The van der Waals surface area contributed by atoms with Crippen molar-refractivity contribution in [1.29, 1.82) is 0 Å². The topological polar surface area (TPSA) is 38.4 Å². The summed E-state index contributed by atoms with van der Waals surface area (Å²) in [4.78, 5) is 5.17. The Bertz CT molecular complexity index is 480. The second-order valence-electron chi connectivity index (χ2n) is 2.82. The van der Waals surface area contributed by atoms with Gasteiger partial charge in [-0.2, -0.15) is 0 Å². The van der Waals surface area contributed by atoms with Gasteiger partial charge in [0.2, 0.25) is 0 Å². The maximum atomic E-state index is 5.61. The third kappa shape index (κ3) is 2.93. The summed E-state index contributed by atoms with van der Waals surface area (Å²) in [6.45, 7) is 3.89. The molecule has 1 aromatic rings. The van der Waals surface area contributed by atoms with Gasteiger partial charge in [0.25, 0.3) is 0 Å². The van der Waals surface area contributed by atoms with E-state index >= 15 is 0 Å². The molecule has 0 fully saturated rings. The highest BCUT2D eigenvalue weighted by molar-refractivity contribution is 9.10. The minimum Gasteiger partial charge on any atom is -0.274 e. The lowest BCUT2D eigenvalue weighted by Gasteiger charge is -2.00. The highest BCUT2D eigenvalue weighted by Gasteiger charge is 1.98. The van der Waals surface area contributed by atoms with E-state index in [1.165, 1.54) is 11.9 Å². The lowest BCUT2D eigenvalue weighted by molar-refractivity contribution is 1.29. The quantitative estimate of drug-likeness (QED) is 0.667. The third-order valence-corrected chi connectivity index (χ3v) is 3.26. The predicted molar refractivity (Wildman–Crippen MR) is 72.2 cm³/mol. The average molecular weight is 285 g/mol. The minimum absolute atomic E-state index is 1.02. The summed E-state index contributed by atoms with van der Waals surface area (Å²) in [5, 5.41) is 7.79. The molecule has 0 atom stereocenters. The standard InChI is InChI=1S/C11H13BrN2S/c1-3-8-9(7-14-4-2)11(15-13)6-5-10(8)12/h3-7H,13H2,1-2H3/b8-3+,9-7+,14-4?. The molecule has 2 N–H and O–H groups in total. The first-order chi connectivity index (χ1) is 7.24. The van der Waals surface area contributed by atoms with Crippen molar-refractivity contribution in [2.24, 2.45) is 10.1 Å². The van der Waals surface area contributed by atoms with Crippen LogP contribution < -0.4 is 15.6 Å². The number of nitrogens with zero attached hydrogens (tertiary/aromatic N) is 1. The zero-order valence-corrected chi connectivity index (χ0v) is 11.1. The van der Waals surface area contributed by atoms with Gasteiger partial charge in [0.15, 0.2) is 0 Å². The Hall–Kier alpha value is -0.580. The number of aliphatic imine (C=N–C) groups is 1. The molecular formula is C11H13BrN2S. The highest BCUT2D eigenvalue weighted by atomic mass is 79.9. The lowest BCUT2D eigenvalue weighted by Crippen LogP contribution is -2.27. The van der Waals surface area contributed by atoms with Gasteiger partial charge in [0.1, 0.15) is 0 Å². The molecule has 0 amide bonds. The fourth-order valence-electron chi connectivity index (χ4n) is 1.27. The molecule has 0 spiro atoms. The maximum absolute atomic E-state index is 5.61. The summed E-state index contributed by atoms with van der Waals surface area (Å²) in [5.41, 5.74) is 0. The van der Waals surface area contributed by atoms with E-state index in [0.717, 1.165) is 19.8 Å². The number of rotatable bonds is 2. The first-order valence-corrected chi connectivity index (χ1v) is 6.21. The predicted octanol–water partition coefficient (Wildman–Crippen LogP) is 2.04. The number of benzene rings is 1. The largest absolute Gasteiger partial charge is 0.274 e. The summed E-state index contributed by atoms with van der Waals surface area (Å²) >= 11 is 4.75. The Morgan fingerprint density at radius 3 is 2.60 bits per heavy atom. The van der Waals surface area contributed by atoms with Crippen molar-refractivity contribution in [2.45, 2.75) is 18.7 Å². The molecule has 1 aromatic carbocycles. The van der Waals surface area contributed by atoms with E-state index in [9.17, 15) is 0 Å². The summed E-state index contributed by atoms with van der Waals surface area (Å²) < 4.78 is 1.06. The molecule has 0 unspecified atom stereocenters. The normalized spacial score (nSPS) is 14.1. The molecule has 80 valence electrons. The van der Waals surface area contributed by atoms with Crippen LogP contribution in [0.5, 0.6) is 0 Å². The van der Waals surface area contributed by atoms with E-state index in [1.807, 2.05) is 38.3 Å². The molecular weight excluding hydrogens is 272 g/mol. The molecule has 0 aromatic heterocycles. The summed E-state index contributed by atoms with van der Waals surface area (Å²) in [6, 6.07) is 3.98. The van der Waals surface area contributed by atoms with Crippen molar-refractivity contribution in [2.75, 3.05) is 0 Å². The smallest absolute Gasteiger partial charge is 0.0354 e. The van der Waals surface area contributed by atoms with Crippen molar-refractivity contribution in [3.05, 3.63) is 27.0 Å². The molecule has 0 bridgehead atoms. The Labute approximate surface area is 102 Å². The lowest BCUT2D eigenvalue weighted by atomic mass is 10.2. The molecule has 0 saturated carbocycles. The highest BCUT2D eigenvalue weighted by Crippen LogP contribution is 2.08. The van der Waals surface area contributed by atoms with Crippen molar-refractivity contribution in [3.63, 3.8) is 0 Å². The number of halogens is 1. The van der Waals surface area contributed by atoms with Crippen LogP contribution in [0.3, 0.4) is 0 Å². The molecule has 0 heterocycles. The molecule has 2 nitrogen and oxygen atoms in total. The Morgan fingerprint density at radius 2 is 2.07 bits per heavy atom. The molecule has 0 aliphatic carbocycles. The molecule has 0 aliphatic rings. The van der Waals surface area contributed by atoms with Gasteiger partial charge in [-0.25, -0.2) is 0 Å². The van der Waals surface area contributed by atoms with E-state index < -0.39 is 0 Å². The SMILES string of the molecule is CC=N/C=c1/c(SN)ccc(Br)/c1=C/C. The maximum Gasteiger partial charge on any atom is 0.0354 e. The van der Waals surface area contributed by atoms with Crippen LogP contribution in [0.15, 0.2) is 26.5 Å². The van der Waals surface area contributed by atoms with Gasteiger partial charge in [-0.1, -0.05) is 22.0 Å². The zero-order valence-electron chi connectivity index (χ0n) is 8.70. The second kappa shape index (κ2) is 6.10. The van der Waals surface area contributed by atoms with Crippen LogP contribution in [0.1, 0.15) is 13.8 Å². The van der Waals surface area contributed by atoms with Gasteiger partial charge in [-0.05, 0) is 43.1 Å². The van der Waals surface area contributed by atoms with E-state index in [-0.39, 0.29) is 0 Å². The van der Waals surface area contributed by atoms with Crippen LogP contribution in [-0.2, 0) is 0 Å². The number of nitrogens with two attached hydrogens (primary N) is 1. The van der Waals surface area contributed by atoms with Crippen LogP contribution in [0.25, 0.3) is 12.3 Å². The van der Waals surface area contributed by atoms with Gasteiger partial charge in [0.05, 0.1) is 0 Å². The fraction of sp³-hybridized carbons (Fsp3) is 0.182. The van der Waals surface area contributed by atoms with Gasteiger partial charge in [0, 0.05) is 27.0 Å². The molecule has 0 aliphatic heterocycles. The summed E-state index contributed by atoms with van der Waals surface area (Å²) in [7, 11) is 0. The van der Waals surface area contributed by atoms with E-state index in [1.54, 1.807) is 6.21 Å². The number of hydrogen-bond acceptors (Lipinski definition) is 3. The van der Waals surface area contributed by atoms with E-state index in [0.29, 0.717) is 0 Å². The Balaban J connectivity index is 3.63. The van der Waals surface area contributed by atoms with Gasteiger partial charge >= 0.3 is 0 Å². The third-order valence-electron chi connectivity index (χ3n) is 1.96. The average Bonchev–Trinajstić information content (AvgIpc) is 2.26. The van der Waals surface area contributed by atoms with Crippen LogP contribution >= 0.6 is 27.9 Å². The van der Waals surface area contributed by atoms with Crippen LogP contribution in [-0.4, -0.2) is 6.21 Å². The van der Waals surface area contributed by atoms with Crippen molar-refractivity contribution >= 4 is 46.4 Å². The summed E-state index contributed by atoms with van der Waals surface area (Å²) in [5.74, 6) is 0. The van der Waals surface area contributed by atoms with Crippen molar-refractivity contribution in [1.82, 2.24) is 0 Å². The van der Waals surface area contributed by atoms with Gasteiger partial charge in [-0.15, -0.1) is 0 Å². The van der Waals surface area contributed by atoms with Gasteiger partial charge in [-0.3, -0.25) is 10.1 Å². The van der Waals surface area contributed by atoms with Crippen LogP contribution in [0.2, 0.25) is 0 Å². The first kappa shape index (κ1) is 12.5. The van der Waals surface area contributed by atoms with Crippen LogP contribution in [0, 0.1) is 0 Å². The van der Waals surface area contributed by atoms with E-state index in [4.69, 9.17) is 5.14 Å². The molecule has 4 heteroatoms. The van der Waals surface area contributed by atoms with Crippen molar-refractivity contribution in [3.8, 4) is 0 Å². The Morgan fingerprint density at radius 1 is 1.33 bits per heavy atom. The van der Waals surface area contributed by atoms with Crippen LogP contribution in [0.4, 0.5) is 0 Å². The van der Waals surface area contributed by atoms with Gasteiger partial charge < -0.3 is 0 Å². The zero-order chi connectivity index (χ0) is 11.3. The first-order valence-electron chi connectivity index (χ1n) is 4.54. The molecule has 1 rings (SSSR count). The summed E-state index contributed by atoms with van der Waals surface area (Å²) in [6.07, 6.45) is 5.63. The number of hydrogen-bond donors (Lipinski definition) is 1. The molecule has 0 saturated heterocycles. The monoisotopic (exact) mass is 284 g/mol. The van der Waals surface area contributed by atoms with E-state index in [2.05, 4.69) is 20.9 Å².